The van der Waals surface area contributed by atoms with Crippen molar-refractivity contribution in [3.8, 4) is 0 Å². The number of alkyl halides is 3. The van der Waals surface area contributed by atoms with Gasteiger partial charge in [0.25, 0.3) is 0 Å². The lowest BCUT2D eigenvalue weighted by atomic mass is 10.1. The van der Waals surface area contributed by atoms with Crippen LogP contribution in [0.1, 0.15) is 24.8 Å². The summed E-state index contributed by atoms with van der Waals surface area (Å²) in [5, 5.41) is 0. The third-order valence-electron chi connectivity index (χ3n) is 3.80. The fourth-order valence-corrected chi connectivity index (χ4v) is 4.24. The van der Waals surface area contributed by atoms with E-state index in [1.807, 2.05) is 0 Å². The van der Waals surface area contributed by atoms with E-state index in [1.54, 1.807) is 0 Å². The van der Waals surface area contributed by atoms with Crippen molar-refractivity contribution in [3.05, 3.63) is 29.6 Å². The van der Waals surface area contributed by atoms with Crippen molar-refractivity contribution in [1.82, 2.24) is 4.72 Å². The van der Waals surface area contributed by atoms with E-state index in [1.165, 1.54) is 0 Å². The molecular formula is C13H17ClF4N2O2S. The van der Waals surface area contributed by atoms with Gasteiger partial charge in [-0.05, 0) is 43.5 Å². The summed E-state index contributed by atoms with van der Waals surface area (Å²) < 4.78 is 78.6. The van der Waals surface area contributed by atoms with Crippen molar-refractivity contribution in [2.24, 2.45) is 11.7 Å². The predicted octanol–water partition coefficient (Wildman–Crippen LogP) is 2.67. The lowest BCUT2D eigenvalue weighted by Gasteiger charge is -2.21. The molecule has 132 valence electrons. The van der Waals surface area contributed by atoms with Gasteiger partial charge in [-0.1, -0.05) is 6.42 Å². The number of rotatable bonds is 4. The van der Waals surface area contributed by atoms with Crippen LogP contribution in [0.4, 0.5) is 17.6 Å². The molecule has 2 rings (SSSR count). The van der Waals surface area contributed by atoms with Crippen LogP contribution in [0.3, 0.4) is 0 Å². The van der Waals surface area contributed by atoms with Crippen LogP contribution in [0.25, 0.3) is 0 Å². The number of halogens is 5. The standard InChI is InChI=1S/C13H16F4N2O2S.ClH/c14-9-4-5-12(10(6-9)13(15,16)17)22(20,21)19-11-3-1-2-8(11)7-18;/h4-6,8,11,19H,1-3,7,18H2;1H. The molecule has 4 nitrogen and oxygen atoms in total. The van der Waals surface area contributed by atoms with Gasteiger partial charge in [-0.25, -0.2) is 17.5 Å². The maximum Gasteiger partial charge on any atom is 0.417 e. The maximum absolute atomic E-state index is 13.1. The predicted molar refractivity (Wildman–Crippen MR) is 79.2 cm³/mol. The highest BCUT2D eigenvalue weighted by molar-refractivity contribution is 7.89. The van der Waals surface area contributed by atoms with Crippen LogP contribution in [0.15, 0.2) is 23.1 Å². The highest BCUT2D eigenvalue weighted by Crippen LogP contribution is 2.35. The first-order chi connectivity index (χ1) is 10.1. The first-order valence-electron chi connectivity index (χ1n) is 6.74. The molecule has 0 aromatic heterocycles. The summed E-state index contributed by atoms with van der Waals surface area (Å²) in [6, 6.07) is 1.01. The van der Waals surface area contributed by atoms with Crippen molar-refractivity contribution in [2.45, 2.75) is 36.4 Å². The Bertz CT molecular complexity index is 652. The van der Waals surface area contributed by atoms with E-state index in [2.05, 4.69) is 4.72 Å². The number of nitrogens with one attached hydrogen (secondary N) is 1. The summed E-state index contributed by atoms with van der Waals surface area (Å²) in [5.41, 5.74) is 4.02. The molecule has 1 fully saturated rings. The summed E-state index contributed by atoms with van der Waals surface area (Å²) in [5.74, 6) is -1.25. The Kier molecular flexibility index (Phi) is 6.42. The molecule has 1 aromatic rings. The molecule has 1 saturated carbocycles. The average molecular weight is 377 g/mol. The Hall–Kier alpha value is -0.900. The highest BCUT2D eigenvalue weighted by Gasteiger charge is 2.39. The van der Waals surface area contributed by atoms with Gasteiger partial charge < -0.3 is 5.73 Å². The molecule has 0 amide bonds. The van der Waals surface area contributed by atoms with Crippen LogP contribution in [0.2, 0.25) is 0 Å². The van der Waals surface area contributed by atoms with E-state index in [-0.39, 0.29) is 30.9 Å². The minimum absolute atomic E-state index is 0. The van der Waals surface area contributed by atoms with E-state index in [9.17, 15) is 26.0 Å². The molecule has 0 saturated heterocycles. The van der Waals surface area contributed by atoms with Gasteiger partial charge in [0, 0.05) is 6.04 Å². The fraction of sp³-hybridized carbons (Fsp3) is 0.538. The van der Waals surface area contributed by atoms with Crippen LogP contribution in [0, 0.1) is 11.7 Å². The van der Waals surface area contributed by atoms with Crippen molar-refractivity contribution in [1.29, 1.82) is 0 Å². The minimum Gasteiger partial charge on any atom is -0.330 e. The van der Waals surface area contributed by atoms with E-state index >= 15 is 0 Å². The first kappa shape index (κ1) is 20.1. The molecule has 2 atom stereocenters. The lowest BCUT2D eigenvalue weighted by Crippen LogP contribution is -2.40. The summed E-state index contributed by atoms with van der Waals surface area (Å²) in [4.78, 5) is -0.968. The van der Waals surface area contributed by atoms with Crippen molar-refractivity contribution in [3.63, 3.8) is 0 Å². The molecule has 0 spiro atoms. The van der Waals surface area contributed by atoms with Crippen LogP contribution >= 0.6 is 12.4 Å². The van der Waals surface area contributed by atoms with Gasteiger partial charge in [0.1, 0.15) is 5.82 Å². The van der Waals surface area contributed by atoms with E-state index in [0.717, 1.165) is 12.8 Å². The van der Waals surface area contributed by atoms with Crippen LogP contribution in [-0.4, -0.2) is 21.0 Å². The summed E-state index contributed by atoms with van der Waals surface area (Å²) >= 11 is 0. The molecule has 0 aliphatic heterocycles. The van der Waals surface area contributed by atoms with Crippen LogP contribution in [-0.2, 0) is 16.2 Å². The minimum atomic E-state index is -4.96. The second-order valence-corrected chi connectivity index (χ2v) is 6.98. The molecule has 0 bridgehead atoms. The van der Waals surface area contributed by atoms with E-state index in [0.29, 0.717) is 18.6 Å². The Morgan fingerprint density at radius 1 is 1.26 bits per heavy atom. The van der Waals surface area contributed by atoms with E-state index < -0.39 is 38.5 Å². The zero-order chi connectivity index (χ0) is 16.5. The zero-order valence-electron chi connectivity index (χ0n) is 11.9. The Labute approximate surface area is 137 Å². The molecule has 0 heterocycles. The molecule has 23 heavy (non-hydrogen) atoms. The summed E-state index contributed by atoms with van der Waals surface area (Å²) in [6.45, 7) is 0.253. The van der Waals surface area contributed by atoms with Gasteiger partial charge >= 0.3 is 6.18 Å². The topological polar surface area (TPSA) is 72.2 Å². The van der Waals surface area contributed by atoms with Crippen molar-refractivity contribution >= 4 is 22.4 Å². The Morgan fingerprint density at radius 2 is 1.91 bits per heavy atom. The number of benzene rings is 1. The number of sulfonamides is 1. The molecule has 2 unspecified atom stereocenters. The third kappa shape index (κ3) is 4.56. The number of hydrogen-bond donors (Lipinski definition) is 2. The number of nitrogens with two attached hydrogens (primary N) is 1. The number of hydrogen-bond acceptors (Lipinski definition) is 3. The second-order valence-electron chi connectivity index (χ2n) is 5.29. The lowest BCUT2D eigenvalue weighted by molar-refractivity contribution is -0.140. The maximum atomic E-state index is 13.1. The van der Waals surface area contributed by atoms with Gasteiger partial charge in [-0.2, -0.15) is 13.2 Å². The van der Waals surface area contributed by atoms with Gasteiger partial charge in [-0.15, -0.1) is 12.4 Å². The van der Waals surface area contributed by atoms with Crippen LogP contribution in [0.5, 0.6) is 0 Å². The van der Waals surface area contributed by atoms with Crippen LogP contribution < -0.4 is 10.5 Å². The summed E-state index contributed by atoms with van der Waals surface area (Å²) in [7, 11) is -4.41. The molecule has 3 N–H and O–H groups in total. The van der Waals surface area contributed by atoms with Gasteiger partial charge in [0.05, 0.1) is 10.5 Å². The van der Waals surface area contributed by atoms with E-state index in [4.69, 9.17) is 5.73 Å². The Morgan fingerprint density at radius 3 is 2.48 bits per heavy atom. The van der Waals surface area contributed by atoms with Gasteiger partial charge in [0.15, 0.2) is 0 Å². The van der Waals surface area contributed by atoms with Crippen molar-refractivity contribution < 1.29 is 26.0 Å². The summed E-state index contributed by atoms with van der Waals surface area (Å²) in [6.07, 6.45) is -2.97. The molecule has 10 heteroatoms. The fourth-order valence-electron chi connectivity index (χ4n) is 2.69. The zero-order valence-corrected chi connectivity index (χ0v) is 13.6. The van der Waals surface area contributed by atoms with Crippen molar-refractivity contribution in [2.75, 3.05) is 6.54 Å². The molecule has 1 aliphatic rings. The molecular weight excluding hydrogens is 360 g/mol. The molecule has 1 aliphatic carbocycles. The second kappa shape index (κ2) is 7.33. The van der Waals surface area contributed by atoms with Gasteiger partial charge in [-0.3, -0.25) is 0 Å². The first-order valence-corrected chi connectivity index (χ1v) is 8.22. The third-order valence-corrected chi connectivity index (χ3v) is 5.35. The monoisotopic (exact) mass is 376 g/mol. The SMILES string of the molecule is Cl.NCC1CCCC1NS(=O)(=O)c1ccc(F)cc1C(F)(F)F. The Balaban J connectivity index is 0.00000264. The smallest absolute Gasteiger partial charge is 0.330 e. The van der Waals surface area contributed by atoms with Gasteiger partial charge in [0.2, 0.25) is 10.0 Å². The highest BCUT2D eigenvalue weighted by atomic mass is 35.5. The largest absolute Gasteiger partial charge is 0.417 e. The molecule has 1 aromatic carbocycles. The normalized spacial score (nSPS) is 22.0. The molecule has 0 radical (unpaired) electrons. The average Bonchev–Trinajstić information content (AvgIpc) is 2.83. The quantitative estimate of drug-likeness (QED) is 0.793.